The highest BCUT2D eigenvalue weighted by molar-refractivity contribution is 5.76. The first-order valence-corrected chi connectivity index (χ1v) is 4.70. The Morgan fingerprint density at radius 1 is 1.69 bits per heavy atom. The SMILES string of the molecule is CCN1CCC[C@@H](O)[C@@H]1C(=O)OC. The number of hydrogen-bond acceptors (Lipinski definition) is 4. The lowest BCUT2D eigenvalue weighted by atomic mass is 9.99. The number of methoxy groups -OCH3 is 1. The summed E-state index contributed by atoms with van der Waals surface area (Å²) >= 11 is 0. The van der Waals surface area contributed by atoms with E-state index in [2.05, 4.69) is 4.74 Å². The van der Waals surface area contributed by atoms with Crippen molar-refractivity contribution in [3.8, 4) is 0 Å². The Hall–Kier alpha value is -0.610. The van der Waals surface area contributed by atoms with E-state index >= 15 is 0 Å². The zero-order valence-corrected chi connectivity index (χ0v) is 8.19. The highest BCUT2D eigenvalue weighted by Gasteiger charge is 2.35. The van der Waals surface area contributed by atoms with Crippen LogP contribution in [-0.2, 0) is 9.53 Å². The van der Waals surface area contributed by atoms with Crippen LogP contribution in [0.2, 0.25) is 0 Å². The minimum atomic E-state index is -0.568. The van der Waals surface area contributed by atoms with Crippen molar-refractivity contribution in [1.82, 2.24) is 4.90 Å². The van der Waals surface area contributed by atoms with Crippen molar-refractivity contribution in [2.75, 3.05) is 20.2 Å². The Kier molecular flexibility index (Phi) is 3.69. The molecule has 13 heavy (non-hydrogen) atoms. The fourth-order valence-electron chi connectivity index (χ4n) is 1.83. The van der Waals surface area contributed by atoms with E-state index in [9.17, 15) is 9.90 Å². The Labute approximate surface area is 78.5 Å². The quantitative estimate of drug-likeness (QED) is 0.618. The van der Waals surface area contributed by atoms with Gasteiger partial charge in [0, 0.05) is 0 Å². The summed E-state index contributed by atoms with van der Waals surface area (Å²) < 4.78 is 4.65. The van der Waals surface area contributed by atoms with Gasteiger partial charge in [0.25, 0.3) is 0 Å². The molecule has 0 spiro atoms. The number of ether oxygens (including phenoxy) is 1. The van der Waals surface area contributed by atoms with Gasteiger partial charge in [0.15, 0.2) is 0 Å². The highest BCUT2D eigenvalue weighted by atomic mass is 16.5. The lowest BCUT2D eigenvalue weighted by Gasteiger charge is -2.36. The van der Waals surface area contributed by atoms with E-state index in [0.29, 0.717) is 6.42 Å². The maximum Gasteiger partial charge on any atom is 0.325 e. The monoisotopic (exact) mass is 187 g/mol. The van der Waals surface area contributed by atoms with E-state index in [1.807, 2.05) is 11.8 Å². The summed E-state index contributed by atoms with van der Waals surface area (Å²) in [5, 5.41) is 9.63. The van der Waals surface area contributed by atoms with Crippen molar-refractivity contribution in [2.24, 2.45) is 0 Å². The molecule has 1 aliphatic heterocycles. The number of hydrogen-bond donors (Lipinski definition) is 1. The molecule has 0 aromatic heterocycles. The molecule has 0 radical (unpaired) electrons. The van der Waals surface area contributed by atoms with Crippen LogP contribution in [0.3, 0.4) is 0 Å². The van der Waals surface area contributed by atoms with Crippen LogP contribution in [0.5, 0.6) is 0 Å². The van der Waals surface area contributed by atoms with Gasteiger partial charge in [0.1, 0.15) is 6.04 Å². The van der Waals surface area contributed by atoms with Gasteiger partial charge in [0.05, 0.1) is 13.2 Å². The Morgan fingerprint density at radius 3 is 2.92 bits per heavy atom. The number of esters is 1. The third-order valence-electron chi connectivity index (χ3n) is 2.55. The molecule has 4 nitrogen and oxygen atoms in total. The second kappa shape index (κ2) is 4.58. The van der Waals surface area contributed by atoms with Crippen LogP contribution in [0.4, 0.5) is 0 Å². The molecule has 0 aromatic rings. The molecular weight excluding hydrogens is 170 g/mol. The molecule has 1 heterocycles. The average Bonchev–Trinajstić information content (AvgIpc) is 2.16. The van der Waals surface area contributed by atoms with Crippen molar-refractivity contribution in [3.63, 3.8) is 0 Å². The molecule has 0 unspecified atom stereocenters. The molecule has 1 rings (SSSR count). The number of carbonyl (C=O) groups is 1. The molecular formula is C9H17NO3. The first-order valence-electron chi connectivity index (χ1n) is 4.70. The largest absolute Gasteiger partial charge is 0.468 e. The van der Waals surface area contributed by atoms with Crippen molar-refractivity contribution in [2.45, 2.75) is 31.9 Å². The van der Waals surface area contributed by atoms with Crippen LogP contribution < -0.4 is 0 Å². The predicted octanol–water partition coefficient (Wildman–Crippen LogP) is 0.00460. The maximum absolute atomic E-state index is 11.3. The second-order valence-corrected chi connectivity index (χ2v) is 3.31. The number of rotatable bonds is 2. The number of aliphatic hydroxyl groups excluding tert-OH is 1. The lowest BCUT2D eigenvalue weighted by molar-refractivity contribution is -0.153. The fourth-order valence-corrected chi connectivity index (χ4v) is 1.83. The number of likely N-dealkylation sites (tertiary alicyclic amines) is 1. The summed E-state index contributed by atoms with van der Waals surface area (Å²) in [6.45, 7) is 3.62. The Morgan fingerprint density at radius 2 is 2.38 bits per heavy atom. The number of carbonyl (C=O) groups excluding carboxylic acids is 1. The number of aliphatic hydroxyl groups is 1. The molecule has 2 atom stereocenters. The van der Waals surface area contributed by atoms with Crippen LogP contribution in [0.15, 0.2) is 0 Å². The summed E-state index contributed by atoms with van der Waals surface area (Å²) in [6.07, 6.45) is 1.07. The standard InChI is InChI=1S/C9H17NO3/c1-3-10-6-4-5-7(11)8(10)9(12)13-2/h7-8,11H,3-6H2,1-2H3/t7-,8-/m1/s1. The molecule has 1 N–H and O–H groups in total. The summed E-state index contributed by atoms with van der Waals surface area (Å²) in [4.78, 5) is 13.3. The first-order chi connectivity index (χ1) is 6.20. The van der Waals surface area contributed by atoms with Crippen LogP contribution in [0, 0.1) is 0 Å². The predicted molar refractivity (Wildman–Crippen MR) is 48.3 cm³/mol. The van der Waals surface area contributed by atoms with Crippen molar-refractivity contribution in [3.05, 3.63) is 0 Å². The number of likely N-dealkylation sites (N-methyl/N-ethyl adjacent to an activating group) is 1. The summed E-state index contributed by atoms with van der Waals surface area (Å²) in [5.41, 5.74) is 0. The smallest absolute Gasteiger partial charge is 0.325 e. The molecule has 1 saturated heterocycles. The number of nitrogens with zero attached hydrogens (tertiary/aromatic N) is 1. The summed E-state index contributed by atoms with van der Waals surface area (Å²) in [5.74, 6) is -0.325. The van der Waals surface area contributed by atoms with E-state index in [4.69, 9.17) is 0 Å². The molecule has 0 saturated carbocycles. The third-order valence-corrected chi connectivity index (χ3v) is 2.55. The van der Waals surface area contributed by atoms with Gasteiger partial charge in [-0.3, -0.25) is 9.69 Å². The average molecular weight is 187 g/mol. The molecule has 0 bridgehead atoms. The van der Waals surface area contributed by atoms with E-state index < -0.39 is 12.1 Å². The molecule has 76 valence electrons. The van der Waals surface area contributed by atoms with Crippen molar-refractivity contribution < 1.29 is 14.6 Å². The normalized spacial score (nSPS) is 30.1. The van der Waals surface area contributed by atoms with Crippen molar-refractivity contribution in [1.29, 1.82) is 0 Å². The lowest BCUT2D eigenvalue weighted by Crippen LogP contribution is -2.52. The van der Waals surface area contributed by atoms with Crippen LogP contribution in [-0.4, -0.2) is 48.3 Å². The zero-order valence-electron chi connectivity index (χ0n) is 8.19. The van der Waals surface area contributed by atoms with E-state index in [-0.39, 0.29) is 5.97 Å². The van der Waals surface area contributed by atoms with Gasteiger partial charge in [0.2, 0.25) is 0 Å². The highest BCUT2D eigenvalue weighted by Crippen LogP contribution is 2.18. The molecule has 1 aliphatic rings. The summed E-state index contributed by atoms with van der Waals surface area (Å²) in [7, 11) is 1.36. The van der Waals surface area contributed by atoms with Crippen molar-refractivity contribution >= 4 is 5.97 Å². The van der Waals surface area contributed by atoms with Gasteiger partial charge >= 0.3 is 5.97 Å². The van der Waals surface area contributed by atoms with Crippen LogP contribution in [0.25, 0.3) is 0 Å². The Balaban J connectivity index is 2.67. The van der Waals surface area contributed by atoms with E-state index in [1.54, 1.807) is 0 Å². The van der Waals surface area contributed by atoms with E-state index in [0.717, 1.165) is 19.5 Å². The third kappa shape index (κ3) is 2.19. The minimum Gasteiger partial charge on any atom is -0.468 e. The molecule has 0 aliphatic carbocycles. The van der Waals surface area contributed by atoms with Crippen LogP contribution in [0.1, 0.15) is 19.8 Å². The van der Waals surface area contributed by atoms with Gasteiger partial charge in [-0.05, 0) is 25.9 Å². The molecule has 1 fully saturated rings. The Bertz CT molecular complexity index is 184. The zero-order chi connectivity index (χ0) is 9.84. The fraction of sp³-hybridized carbons (Fsp3) is 0.889. The first kappa shape index (κ1) is 10.5. The van der Waals surface area contributed by atoms with E-state index in [1.165, 1.54) is 7.11 Å². The number of piperidine rings is 1. The molecule has 0 aromatic carbocycles. The maximum atomic E-state index is 11.3. The van der Waals surface area contributed by atoms with Gasteiger partial charge in [-0.15, -0.1) is 0 Å². The van der Waals surface area contributed by atoms with Crippen LogP contribution >= 0.6 is 0 Å². The minimum absolute atomic E-state index is 0.325. The second-order valence-electron chi connectivity index (χ2n) is 3.31. The van der Waals surface area contributed by atoms with Gasteiger partial charge < -0.3 is 9.84 Å². The topological polar surface area (TPSA) is 49.8 Å². The molecule has 0 amide bonds. The summed E-state index contributed by atoms with van der Waals surface area (Å²) in [6, 6.07) is -0.455. The molecule has 4 heteroatoms. The van der Waals surface area contributed by atoms with Gasteiger partial charge in [-0.2, -0.15) is 0 Å². The van der Waals surface area contributed by atoms with Gasteiger partial charge in [-0.1, -0.05) is 6.92 Å². The van der Waals surface area contributed by atoms with Gasteiger partial charge in [-0.25, -0.2) is 0 Å².